The number of hydrogen-bond acceptors (Lipinski definition) is 6. The summed E-state index contributed by atoms with van der Waals surface area (Å²) >= 11 is 0. The van der Waals surface area contributed by atoms with Crippen molar-refractivity contribution in [2.45, 2.75) is 239 Å². The molecule has 1 unspecified atom stereocenters. The van der Waals surface area contributed by atoms with Crippen molar-refractivity contribution in [1.82, 2.24) is 0 Å². The van der Waals surface area contributed by atoms with Gasteiger partial charge in [-0.3, -0.25) is 14.4 Å². The molecule has 6 nitrogen and oxygen atoms in total. The molecule has 0 aromatic carbocycles. The normalized spacial score (nSPS) is 12.8. The average molecular weight is 863 g/mol. The van der Waals surface area contributed by atoms with E-state index in [-0.39, 0.29) is 31.1 Å². The van der Waals surface area contributed by atoms with Crippen LogP contribution in [0.2, 0.25) is 0 Å². The van der Waals surface area contributed by atoms with E-state index in [2.05, 4.69) is 106 Å². The number of ether oxygens (including phenoxy) is 3. The van der Waals surface area contributed by atoms with E-state index in [1.165, 1.54) is 83.5 Å². The van der Waals surface area contributed by atoms with Crippen LogP contribution in [0, 0.1) is 0 Å². The van der Waals surface area contributed by atoms with E-state index < -0.39 is 6.10 Å². The van der Waals surface area contributed by atoms with Crippen LogP contribution in [0.4, 0.5) is 0 Å². The number of carbonyl (C=O) groups excluding carboxylic acids is 3. The van der Waals surface area contributed by atoms with Gasteiger partial charge in [-0.2, -0.15) is 0 Å². The van der Waals surface area contributed by atoms with Crippen molar-refractivity contribution in [3.05, 3.63) is 85.1 Å². The topological polar surface area (TPSA) is 78.9 Å². The third-order valence-electron chi connectivity index (χ3n) is 10.6. The summed E-state index contributed by atoms with van der Waals surface area (Å²) in [6.45, 7) is 6.39. The van der Waals surface area contributed by atoms with E-state index in [0.717, 1.165) is 109 Å². The lowest BCUT2D eigenvalue weighted by Gasteiger charge is -2.18. The first-order chi connectivity index (χ1) is 30.5. The van der Waals surface area contributed by atoms with Gasteiger partial charge in [0.05, 0.1) is 0 Å². The summed E-state index contributed by atoms with van der Waals surface area (Å²) in [5.41, 5.74) is 0. The molecule has 0 heterocycles. The largest absolute Gasteiger partial charge is 0.462 e. The Kier molecular flexibility index (Phi) is 47.5. The van der Waals surface area contributed by atoms with E-state index in [1.807, 2.05) is 0 Å². The number of rotatable bonds is 45. The molecule has 0 amide bonds. The first-order valence-corrected chi connectivity index (χ1v) is 25.6. The fraction of sp³-hybridized carbons (Fsp3) is 0.696. The van der Waals surface area contributed by atoms with E-state index in [0.29, 0.717) is 19.3 Å². The SMILES string of the molecule is CC/C=C\C/C=C\C/C=C\C/C=C\C/C=C\C/C=C\CCCCC(=O)OCC(COC(=O)CCCCCCC)OC(=O)CCCCCCCCC/C=C\CCCCCCCCC. The highest BCUT2D eigenvalue weighted by Gasteiger charge is 2.19. The molecule has 0 bridgehead atoms. The molecule has 0 rings (SSSR count). The Balaban J connectivity index is 4.27. The minimum Gasteiger partial charge on any atom is -0.462 e. The number of unbranched alkanes of at least 4 members (excludes halogenated alkanes) is 20. The molecular formula is C56H94O6. The Bertz CT molecular complexity index is 1220. The highest BCUT2D eigenvalue weighted by Crippen LogP contribution is 2.13. The van der Waals surface area contributed by atoms with Crippen molar-refractivity contribution in [3.8, 4) is 0 Å². The predicted molar refractivity (Wildman–Crippen MR) is 265 cm³/mol. The number of allylic oxidation sites excluding steroid dienone is 14. The highest BCUT2D eigenvalue weighted by molar-refractivity contribution is 5.71. The Labute approximate surface area is 382 Å². The molecule has 0 N–H and O–H groups in total. The van der Waals surface area contributed by atoms with Crippen molar-refractivity contribution in [1.29, 1.82) is 0 Å². The maximum Gasteiger partial charge on any atom is 0.306 e. The number of hydrogen-bond donors (Lipinski definition) is 0. The van der Waals surface area contributed by atoms with Gasteiger partial charge in [-0.25, -0.2) is 0 Å². The molecule has 0 aliphatic carbocycles. The van der Waals surface area contributed by atoms with Gasteiger partial charge in [-0.05, 0) is 96.3 Å². The van der Waals surface area contributed by atoms with Gasteiger partial charge in [0.15, 0.2) is 6.10 Å². The highest BCUT2D eigenvalue weighted by atomic mass is 16.6. The zero-order valence-corrected chi connectivity index (χ0v) is 40.4. The zero-order chi connectivity index (χ0) is 45.1. The second kappa shape index (κ2) is 50.2. The van der Waals surface area contributed by atoms with Crippen LogP contribution in [0.3, 0.4) is 0 Å². The fourth-order valence-electron chi connectivity index (χ4n) is 6.79. The van der Waals surface area contributed by atoms with Crippen LogP contribution in [0.5, 0.6) is 0 Å². The lowest BCUT2D eigenvalue weighted by Crippen LogP contribution is -2.30. The van der Waals surface area contributed by atoms with Crippen molar-refractivity contribution >= 4 is 17.9 Å². The lowest BCUT2D eigenvalue weighted by atomic mass is 10.1. The monoisotopic (exact) mass is 863 g/mol. The fourth-order valence-corrected chi connectivity index (χ4v) is 6.79. The molecule has 0 radical (unpaired) electrons. The summed E-state index contributed by atoms with van der Waals surface area (Å²) in [4.78, 5) is 37.6. The quantitative estimate of drug-likeness (QED) is 0.0263. The molecule has 0 aliphatic heterocycles. The van der Waals surface area contributed by atoms with E-state index in [4.69, 9.17) is 14.2 Å². The molecule has 0 spiro atoms. The Morgan fingerprint density at radius 3 is 1.03 bits per heavy atom. The molecule has 0 aromatic heterocycles. The third-order valence-corrected chi connectivity index (χ3v) is 10.6. The molecule has 6 heteroatoms. The van der Waals surface area contributed by atoms with Crippen molar-refractivity contribution in [3.63, 3.8) is 0 Å². The predicted octanol–water partition coefficient (Wildman–Crippen LogP) is 16.8. The van der Waals surface area contributed by atoms with Crippen LogP contribution >= 0.6 is 0 Å². The second-order valence-electron chi connectivity index (χ2n) is 16.7. The summed E-state index contributed by atoms with van der Waals surface area (Å²) in [5.74, 6) is -0.959. The van der Waals surface area contributed by atoms with Crippen LogP contribution in [0.15, 0.2) is 85.1 Å². The van der Waals surface area contributed by atoms with Crippen molar-refractivity contribution in [2.75, 3.05) is 13.2 Å². The molecule has 0 saturated heterocycles. The third kappa shape index (κ3) is 47.6. The van der Waals surface area contributed by atoms with Gasteiger partial charge in [0.1, 0.15) is 13.2 Å². The Hall–Kier alpha value is -3.41. The van der Waals surface area contributed by atoms with Gasteiger partial charge in [-0.1, -0.05) is 202 Å². The lowest BCUT2D eigenvalue weighted by molar-refractivity contribution is -0.167. The van der Waals surface area contributed by atoms with Crippen molar-refractivity contribution in [2.24, 2.45) is 0 Å². The van der Waals surface area contributed by atoms with Gasteiger partial charge in [0, 0.05) is 19.3 Å². The minimum absolute atomic E-state index is 0.0934. The van der Waals surface area contributed by atoms with Crippen LogP contribution in [-0.4, -0.2) is 37.2 Å². The standard InChI is InChI=1S/C56H94O6/c1-4-7-10-13-15-17-19-21-23-25-27-28-29-31-32-34-36-38-40-43-46-49-55(58)61-52-53(51-60-54(57)48-45-42-12-9-6-3)62-56(59)50-47-44-41-39-37-35-33-30-26-24-22-20-18-16-14-11-8-5-2/h7,10,15,17,21,23-24,26-28,31-32,36,38,53H,4-6,8-9,11-14,16,18-20,22,25,29-30,33-35,37,39-52H2,1-3H3/b10-7-,17-15-,23-21-,26-24-,28-27-,32-31-,38-36-. The van der Waals surface area contributed by atoms with Crippen LogP contribution in [0.25, 0.3) is 0 Å². The number of esters is 3. The summed E-state index contributed by atoms with van der Waals surface area (Å²) in [7, 11) is 0. The maximum atomic E-state index is 12.7. The first kappa shape index (κ1) is 58.6. The van der Waals surface area contributed by atoms with Crippen LogP contribution in [0.1, 0.15) is 233 Å². The molecular weight excluding hydrogens is 769 g/mol. The van der Waals surface area contributed by atoms with Gasteiger partial charge in [0.2, 0.25) is 0 Å². The summed E-state index contributed by atoms with van der Waals surface area (Å²) in [5, 5.41) is 0. The zero-order valence-electron chi connectivity index (χ0n) is 40.4. The van der Waals surface area contributed by atoms with Crippen LogP contribution < -0.4 is 0 Å². The van der Waals surface area contributed by atoms with Crippen molar-refractivity contribution < 1.29 is 28.6 Å². The maximum absolute atomic E-state index is 12.7. The van der Waals surface area contributed by atoms with Gasteiger partial charge in [0.25, 0.3) is 0 Å². The number of carbonyl (C=O) groups is 3. The molecule has 62 heavy (non-hydrogen) atoms. The van der Waals surface area contributed by atoms with E-state index in [9.17, 15) is 14.4 Å². The van der Waals surface area contributed by atoms with Gasteiger partial charge < -0.3 is 14.2 Å². The van der Waals surface area contributed by atoms with E-state index in [1.54, 1.807) is 0 Å². The molecule has 0 fully saturated rings. The Morgan fingerprint density at radius 1 is 0.339 bits per heavy atom. The minimum atomic E-state index is -0.793. The Morgan fingerprint density at radius 2 is 0.629 bits per heavy atom. The van der Waals surface area contributed by atoms with Gasteiger partial charge in [-0.15, -0.1) is 0 Å². The second-order valence-corrected chi connectivity index (χ2v) is 16.7. The molecule has 1 atom stereocenters. The summed E-state index contributed by atoms with van der Waals surface area (Å²) in [6, 6.07) is 0. The van der Waals surface area contributed by atoms with E-state index >= 15 is 0 Å². The smallest absolute Gasteiger partial charge is 0.306 e. The van der Waals surface area contributed by atoms with Crippen LogP contribution in [-0.2, 0) is 28.6 Å². The van der Waals surface area contributed by atoms with Gasteiger partial charge >= 0.3 is 17.9 Å². The summed E-state index contributed by atoms with van der Waals surface area (Å²) in [6.07, 6.45) is 64.6. The average Bonchev–Trinajstić information content (AvgIpc) is 3.27. The first-order valence-electron chi connectivity index (χ1n) is 25.6. The molecule has 354 valence electrons. The summed E-state index contributed by atoms with van der Waals surface area (Å²) < 4.78 is 16.6. The molecule has 0 aromatic rings. The molecule has 0 saturated carbocycles. The molecule has 0 aliphatic rings.